The minimum Gasteiger partial charge on any atom is -0.381 e. The van der Waals surface area contributed by atoms with Crippen molar-refractivity contribution in [3.05, 3.63) is 16.1 Å². The third-order valence-electron chi connectivity index (χ3n) is 2.38. The minimum atomic E-state index is -0.0415. The van der Waals surface area contributed by atoms with Gasteiger partial charge in [-0.3, -0.25) is 4.79 Å². The van der Waals surface area contributed by atoms with Crippen LogP contribution in [0.1, 0.15) is 6.42 Å². The first-order chi connectivity index (χ1) is 8.63. The average molecular weight is 305 g/mol. The number of hydrogen-bond acceptors (Lipinski definition) is 5. The lowest BCUT2D eigenvalue weighted by Gasteiger charge is -2.08. The number of halogens is 2. The molecular formula is C10H10Cl2N4OS. The zero-order chi connectivity index (χ0) is 13.1. The van der Waals surface area contributed by atoms with E-state index in [0.717, 1.165) is 11.7 Å². The molecule has 2 N–H and O–H groups in total. The topological polar surface area (TPSA) is 66.9 Å². The number of fused-ring (bicyclic) bond motifs is 1. The molecule has 0 bridgehead atoms. The monoisotopic (exact) mass is 304 g/mol. The SMILES string of the molecule is CNC(=O)CCNc1c(Cl)cc(Cl)c2nsnc12. The highest BCUT2D eigenvalue weighted by atomic mass is 35.5. The van der Waals surface area contributed by atoms with Crippen LogP contribution in [-0.2, 0) is 4.79 Å². The van der Waals surface area contributed by atoms with E-state index in [9.17, 15) is 4.79 Å². The second kappa shape index (κ2) is 5.69. The van der Waals surface area contributed by atoms with E-state index in [1.165, 1.54) is 0 Å². The molecule has 0 aliphatic carbocycles. The van der Waals surface area contributed by atoms with Crippen LogP contribution in [0.25, 0.3) is 11.0 Å². The van der Waals surface area contributed by atoms with Crippen molar-refractivity contribution in [2.75, 3.05) is 18.9 Å². The van der Waals surface area contributed by atoms with Gasteiger partial charge in [-0.15, -0.1) is 0 Å². The number of carbonyl (C=O) groups excluding carboxylic acids is 1. The molecule has 2 aromatic rings. The van der Waals surface area contributed by atoms with E-state index in [-0.39, 0.29) is 5.91 Å². The number of rotatable bonds is 4. The van der Waals surface area contributed by atoms with Crippen molar-refractivity contribution in [2.24, 2.45) is 0 Å². The van der Waals surface area contributed by atoms with E-state index in [1.807, 2.05) is 0 Å². The number of benzene rings is 1. The Balaban J connectivity index is 2.22. The molecule has 0 aliphatic heterocycles. The quantitative estimate of drug-likeness (QED) is 0.911. The van der Waals surface area contributed by atoms with E-state index >= 15 is 0 Å². The molecule has 0 aliphatic rings. The largest absolute Gasteiger partial charge is 0.381 e. The molecule has 0 saturated carbocycles. The predicted octanol–water partition coefficient (Wildman–Crippen LogP) is 2.55. The lowest BCUT2D eigenvalue weighted by atomic mass is 10.2. The van der Waals surface area contributed by atoms with Crippen LogP contribution in [-0.4, -0.2) is 28.2 Å². The van der Waals surface area contributed by atoms with Crippen LogP contribution in [0.2, 0.25) is 10.0 Å². The van der Waals surface area contributed by atoms with Crippen LogP contribution in [0.3, 0.4) is 0 Å². The molecule has 96 valence electrons. The van der Waals surface area contributed by atoms with Gasteiger partial charge < -0.3 is 10.6 Å². The van der Waals surface area contributed by atoms with Crippen LogP contribution in [0.15, 0.2) is 6.07 Å². The molecule has 0 atom stereocenters. The van der Waals surface area contributed by atoms with Gasteiger partial charge in [-0.1, -0.05) is 23.2 Å². The van der Waals surface area contributed by atoms with Gasteiger partial charge in [0.15, 0.2) is 0 Å². The first kappa shape index (κ1) is 13.3. The summed E-state index contributed by atoms with van der Waals surface area (Å²) in [5, 5.41) is 6.58. The number of nitrogens with zero attached hydrogens (tertiary/aromatic N) is 2. The van der Waals surface area contributed by atoms with E-state index in [1.54, 1.807) is 13.1 Å². The first-order valence-corrected chi connectivity index (χ1v) is 6.67. The number of aromatic nitrogens is 2. The van der Waals surface area contributed by atoms with Crippen molar-refractivity contribution < 1.29 is 4.79 Å². The van der Waals surface area contributed by atoms with Crippen molar-refractivity contribution in [1.82, 2.24) is 14.1 Å². The highest BCUT2D eigenvalue weighted by Gasteiger charge is 2.13. The minimum absolute atomic E-state index is 0.0415. The molecule has 1 aromatic carbocycles. The van der Waals surface area contributed by atoms with Crippen molar-refractivity contribution in [3.63, 3.8) is 0 Å². The number of anilines is 1. The van der Waals surface area contributed by atoms with Gasteiger partial charge in [0.25, 0.3) is 0 Å². The Kier molecular flexibility index (Phi) is 4.21. The zero-order valence-electron chi connectivity index (χ0n) is 9.46. The van der Waals surface area contributed by atoms with Crippen LogP contribution >= 0.6 is 34.9 Å². The fourth-order valence-corrected chi connectivity index (χ4v) is 2.65. The maximum atomic E-state index is 11.1. The van der Waals surface area contributed by atoms with Crippen molar-refractivity contribution >= 4 is 57.6 Å². The lowest BCUT2D eigenvalue weighted by Crippen LogP contribution is -2.20. The Morgan fingerprint density at radius 1 is 1.33 bits per heavy atom. The number of carbonyl (C=O) groups is 1. The average Bonchev–Trinajstić information content (AvgIpc) is 2.82. The summed E-state index contributed by atoms with van der Waals surface area (Å²) in [6.07, 6.45) is 0.356. The number of nitrogens with one attached hydrogen (secondary N) is 2. The zero-order valence-corrected chi connectivity index (χ0v) is 11.8. The van der Waals surface area contributed by atoms with Gasteiger partial charge in [0.2, 0.25) is 5.91 Å². The normalized spacial score (nSPS) is 10.6. The van der Waals surface area contributed by atoms with Gasteiger partial charge in [0.05, 0.1) is 27.5 Å². The third kappa shape index (κ3) is 2.66. The van der Waals surface area contributed by atoms with Gasteiger partial charge in [-0.25, -0.2) is 0 Å². The fraction of sp³-hybridized carbons (Fsp3) is 0.300. The molecule has 0 radical (unpaired) electrons. The molecule has 1 aromatic heterocycles. The standard InChI is InChI=1S/C10H10Cl2N4OS/c1-13-7(17)2-3-14-8-5(11)4-6(12)9-10(8)16-18-15-9/h4,14H,2-3H2,1H3,(H,13,17). The summed E-state index contributed by atoms with van der Waals surface area (Å²) in [6.45, 7) is 0.466. The third-order valence-corrected chi connectivity index (χ3v) is 3.49. The molecule has 0 spiro atoms. The maximum Gasteiger partial charge on any atom is 0.221 e. The lowest BCUT2D eigenvalue weighted by molar-refractivity contribution is -0.120. The summed E-state index contributed by atoms with van der Waals surface area (Å²) in [7, 11) is 1.60. The maximum absolute atomic E-state index is 11.1. The van der Waals surface area contributed by atoms with Crippen LogP contribution in [0, 0.1) is 0 Å². The van der Waals surface area contributed by atoms with Crippen molar-refractivity contribution in [2.45, 2.75) is 6.42 Å². The van der Waals surface area contributed by atoms with Crippen LogP contribution in [0.5, 0.6) is 0 Å². The highest BCUT2D eigenvalue weighted by molar-refractivity contribution is 7.00. The molecule has 5 nitrogen and oxygen atoms in total. The Morgan fingerprint density at radius 3 is 2.78 bits per heavy atom. The van der Waals surface area contributed by atoms with E-state index < -0.39 is 0 Å². The summed E-state index contributed by atoms with van der Waals surface area (Å²) < 4.78 is 8.26. The van der Waals surface area contributed by atoms with Gasteiger partial charge in [-0.05, 0) is 6.07 Å². The van der Waals surface area contributed by atoms with Gasteiger partial charge in [0.1, 0.15) is 11.0 Å². The number of amides is 1. The molecule has 0 fully saturated rings. The Bertz CT molecular complexity index is 587. The summed E-state index contributed by atoms with van der Waals surface area (Å²) in [4.78, 5) is 11.1. The molecule has 1 amide bonds. The second-order valence-corrected chi connectivity index (χ2v) is 4.87. The van der Waals surface area contributed by atoms with Crippen LogP contribution in [0.4, 0.5) is 5.69 Å². The Morgan fingerprint density at radius 2 is 2.06 bits per heavy atom. The van der Waals surface area contributed by atoms with Crippen molar-refractivity contribution in [1.29, 1.82) is 0 Å². The van der Waals surface area contributed by atoms with Crippen LogP contribution < -0.4 is 10.6 Å². The van der Waals surface area contributed by atoms with Gasteiger partial charge in [0, 0.05) is 20.0 Å². The summed E-state index contributed by atoms with van der Waals surface area (Å²) in [5.74, 6) is -0.0415. The highest BCUT2D eigenvalue weighted by Crippen LogP contribution is 2.35. The predicted molar refractivity (Wildman–Crippen MR) is 74.6 cm³/mol. The smallest absolute Gasteiger partial charge is 0.221 e. The molecular weight excluding hydrogens is 295 g/mol. The van der Waals surface area contributed by atoms with Gasteiger partial charge >= 0.3 is 0 Å². The summed E-state index contributed by atoms with van der Waals surface area (Å²) >= 11 is 13.2. The molecule has 18 heavy (non-hydrogen) atoms. The molecule has 0 saturated heterocycles. The van der Waals surface area contributed by atoms with E-state index in [0.29, 0.717) is 39.7 Å². The summed E-state index contributed by atoms with van der Waals surface area (Å²) in [6, 6.07) is 1.62. The molecule has 1 heterocycles. The van der Waals surface area contributed by atoms with Gasteiger partial charge in [-0.2, -0.15) is 8.75 Å². The first-order valence-electron chi connectivity index (χ1n) is 5.18. The molecule has 2 rings (SSSR count). The molecule has 8 heteroatoms. The van der Waals surface area contributed by atoms with Crippen molar-refractivity contribution in [3.8, 4) is 0 Å². The fourth-order valence-electron chi connectivity index (χ4n) is 1.47. The second-order valence-electron chi connectivity index (χ2n) is 3.53. The summed E-state index contributed by atoms with van der Waals surface area (Å²) in [5.41, 5.74) is 1.91. The number of hydrogen-bond donors (Lipinski definition) is 2. The van der Waals surface area contributed by atoms with E-state index in [2.05, 4.69) is 19.4 Å². The Hall–Kier alpha value is -1.11. The molecule has 0 unspecified atom stereocenters. The van der Waals surface area contributed by atoms with E-state index in [4.69, 9.17) is 23.2 Å². The Labute approximate surface area is 118 Å².